The molecule has 24 nitrogen and oxygen atoms in total. The van der Waals surface area contributed by atoms with Gasteiger partial charge in [-0.05, 0) is 0 Å². The molecule has 0 bridgehead atoms. The molecule has 0 aromatic carbocycles. The summed E-state index contributed by atoms with van der Waals surface area (Å²) in [6.45, 7) is 0. The zero-order chi connectivity index (χ0) is 37.8. The molecule has 51 heavy (non-hydrogen) atoms. The number of aliphatic hydroxyl groups is 10. The molecule has 4 rings (SSSR count). The van der Waals surface area contributed by atoms with Gasteiger partial charge in [-0.1, -0.05) is 0 Å². The SMILES string of the molecule is COC1OC(O)C(O)C(OC2OC(C(=O)[O-])C(OC)C(O)C2O)C1O.COC1OC(O)C(O)C(OC2OC(C(=O)[O-])C(OC)C(O)C2O)C1O.[Fe+2]. The third-order valence-electron chi connectivity index (χ3n) is 8.18. The number of carboxylic acids is 2. The molecular weight excluding hydrogens is 752 g/mol. The number of carboxylic acid groups (broad SMARTS) is 2. The van der Waals surface area contributed by atoms with Gasteiger partial charge in [-0.3, -0.25) is 0 Å². The molecule has 298 valence electrons. The molecule has 20 atom stereocenters. The Labute approximate surface area is 298 Å². The molecule has 25 heteroatoms. The van der Waals surface area contributed by atoms with E-state index in [1.807, 2.05) is 0 Å². The van der Waals surface area contributed by atoms with Gasteiger partial charge in [0.1, 0.15) is 85.5 Å². The number of carbonyl (C=O) groups is 2. The Bertz CT molecular complexity index is 1010. The van der Waals surface area contributed by atoms with Crippen LogP contribution in [0, 0.1) is 0 Å². The van der Waals surface area contributed by atoms with E-state index in [4.69, 9.17) is 47.4 Å². The van der Waals surface area contributed by atoms with E-state index in [0.29, 0.717) is 0 Å². The number of ether oxygens (including phenoxy) is 10. The third-order valence-corrected chi connectivity index (χ3v) is 8.18. The summed E-state index contributed by atoms with van der Waals surface area (Å²) >= 11 is 0. The van der Waals surface area contributed by atoms with Crippen LogP contribution in [0.3, 0.4) is 0 Å². The van der Waals surface area contributed by atoms with E-state index in [-0.39, 0.29) is 17.1 Å². The summed E-state index contributed by atoms with van der Waals surface area (Å²) in [5, 5.41) is 122. The molecule has 0 saturated carbocycles. The quantitative estimate of drug-likeness (QED) is 0.0918. The van der Waals surface area contributed by atoms with Crippen LogP contribution < -0.4 is 10.2 Å². The van der Waals surface area contributed by atoms with Gasteiger partial charge in [0.05, 0.1) is 11.9 Å². The first-order valence-corrected chi connectivity index (χ1v) is 14.7. The van der Waals surface area contributed by atoms with Gasteiger partial charge in [-0.25, -0.2) is 0 Å². The van der Waals surface area contributed by atoms with Gasteiger partial charge in [0, 0.05) is 28.4 Å². The van der Waals surface area contributed by atoms with Crippen LogP contribution in [0.2, 0.25) is 0 Å². The fourth-order valence-corrected chi connectivity index (χ4v) is 5.46. The third kappa shape index (κ3) is 10.1. The molecule has 0 aromatic heterocycles. The Morgan fingerprint density at radius 2 is 0.745 bits per heavy atom. The minimum atomic E-state index is -1.79. The summed E-state index contributed by atoms with van der Waals surface area (Å²) < 4.78 is 49.2. The van der Waals surface area contributed by atoms with Crippen molar-refractivity contribution in [1.29, 1.82) is 0 Å². The van der Waals surface area contributed by atoms with Crippen molar-refractivity contribution in [3.63, 3.8) is 0 Å². The van der Waals surface area contributed by atoms with E-state index < -0.39 is 135 Å². The topological polar surface area (TPSA) is 375 Å². The van der Waals surface area contributed by atoms with E-state index in [0.717, 1.165) is 14.2 Å². The number of rotatable bonds is 10. The summed E-state index contributed by atoms with van der Waals surface area (Å²) in [5.74, 6) is -3.46. The van der Waals surface area contributed by atoms with E-state index in [2.05, 4.69) is 0 Å². The molecule has 10 N–H and O–H groups in total. The summed E-state index contributed by atoms with van der Waals surface area (Å²) in [6.07, 6.45) is -33.2. The molecule has 4 saturated heterocycles. The van der Waals surface area contributed by atoms with Crippen LogP contribution in [0.1, 0.15) is 0 Å². The van der Waals surface area contributed by atoms with Crippen LogP contribution in [-0.4, -0.2) is 215 Å². The maximum atomic E-state index is 11.1. The molecule has 4 fully saturated rings. The van der Waals surface area contributed by atoms with Crippen molar-refractivity contribution in [1.82, 2.24) is 0 Å². The molecule has 20 unspecified atom stereocenters. The Morgan fingerprint density at radius 3 is 1.00 bits per heavy atom. The number of hydrogen-bond acceptors (Lipinski definition) is 24. The van der Waals surface area contributed by atoms with Crippen LogP contribution in [0.5, 0.6) is 0 Å². The molecule has 4 heterocycles. The Morgan fingerprint density at radius 1 is 0.431 bits per heavy atom. The van der Waals surface area contributed by atoms with Crippen LogP contribution in [0.15, 0.2) is 0 Å². The predicted octanol–water partition coefficient (Wildman–Crippen LogP) is -10.8. The van der Waals surface area contributed by atoms with Crippen molar-refractivity contribution in [2.45, 2.75) is 123 Å². The van der Waals surface area contributed by atoms with Crippen molar-refractivity contribution < 1.29 is 135 Å². The Balaban J connectivity index is 0.000000347. The van der Waals surface area contributed by atoms with Crippen LogP contribution in [0.4, 0.5) is 0 Å². The van der Waals surface area contributed by atoms with Crippen molar-refractivity contribution in [3.8, 4) is 0 Å². The smallest absolute Gasteiger partial charge is 0.547 e. The number of aliphatic carboxylic acids is 2. The van der Waals surface area contributed by atoms with E-state index >= 15 is 0 Å². The average molecular weight is 794 g/mol. The molecule has 0 amide bonds. The first kappa shape index (κ1) is 45.8. The second-order valence-corrected chi connectivity index (χ2v) is 11.3. The minimum absolute atomic E-state index is 0. The van der Waals surface area contributed by atoms with Gasteiger partial charge in [0.15, 0.2) is 37.7 Å². The molecule has 0 aliphatic carbocycles. The number of hydrogen-bond donors (Lipinski definition) is 10. The van der Waals surface area contributed by atoms with Crippen LogP contribution >= 0.6 is 0 Å². The van der Waals surface area contributed by atoms with Gasteiger partial charge in [-0.15, -0.1) is 0 Å². The molecule has 0 spiro atoms. The summed E-state index contributed by atoms with van der Waals surface area (Å²) in [4.78, 5) is 22.3. The maximum absolute atomic E-state index is 11.1. The summed E-state index contributed by atoms with van der Waals surface area (Å²) in [7, 11) is 4.54. The molecule has 0 radical (unpaired) electrons. The molecule has 0 aromatic rings. The standard InChI is InChI=1S/2C13H22O12.Fe/c2*1-21-8-3(14)4(15)13(24-9(8)10(18)19)23-7-5(16)11(20)25-12(22-2)6(7)17;/h2*3-9,11-17,20H,1-2H3,(H,18,19);/q;;+2/p-2. The van der Waals surface area contributed by atoms with Crippen LogP contribution in [-0.2, 0) is 74.0 Å². The van der Waals surface area contributed by atoms with Crippen molar-refractivity contribution in [3.05, 3.63) is 0 Å². The average Bonchev–Trinajstić information content (AvgIpc) is 3.08. The second kappa shape index (κ2) is 19.8. The molecule has 4 aliphatic rings. The maximum Gasteiger partial charge on any atom is 2.00 e. The van der Waals surface area contributed by atoms with Crippen molar-refractivity contribution in [2.24, 2.45) is 0 Å². The van der Waals surface area contributed by atoms with Gasteiger partial charge in [-0.2, -0.15) is 0 Å². The van der Waals surface area contributed by atoms with Gasteiger partial charge >= 0.3 is 17.1 Å². The van der Waals surface area contributed by atoms with Crippen LogP contribution in [0.25, 0.3) is 0 Å². The zero-order valence-corrected chi connectivity index (χ0v) is 28.2. The first-order chi connectivity index (χ1) is 23.4. The zero-order valence-electron chi connectivity index (χ0n) is 27.1. The Hall–Kier alpha value is -1.34. The molecular formula is C26H42FeO24. The molecule has 4 aliphatic heterocycles. The van der Waals surface area contributed by atoms with Crippen molar-refractivity contribution in [2.75, 3.05) is 28.4 Å². The number of aliphatic hydroxyl groups excluding tert-OH is 10. The first-order valence-electron chi connectivity index (χ1n) is 14.7. The van der Waals surface area contributed by atoms with E-state index in [9.17, 15) is 70.9 Å². The van der Waals surface area contributed by atoms with E-state index in [1.165, 1.54) is 14.2 Å². The van der Waals surface area contributed by atoms with Gasteiger partial charge in [0.25, 0.3) is 0 Å². The van der Waals surface area contributed by atoms with Gasteiger partial charge < -0.3 is 118 Å². The van der Waals surface area contributed by atoms with Gasteiger partial charge in [0.2, 0.25) is 0 Å². The normalized spacial score (nSPS) is 47.3. The largest absolute Gasteiger partial charge is 2.00 e. The summed E-state index contributed by atoms with van der Waals surface area (Å²) in [6, 6.07) is 0. The second-order valence-electron chi connectivity index (χ2n) is 11.3. The Kier molecular flexibility index (Phi) is 17.8. The monoisotopic (exact) mass is 794 g/mol. The summed E-state index contributed by atoms with van der Waals surface area (Å²) in [5.41, 5.74) is 0. The van der Waals surface area contributed by atoms with Crippen molar-refractivity contribution >= 4 is 11.9 Å². The fraction of sp³-hybridized carbons (Fsp3) is 0.923. The predicted molar refractivity (Wildman–Crippen MR) is 143 cm³/mol. The number of carbonyl (C=O) groups excluding carboxylic acids is 2. The fourth-order valence-electron chi connectivity index (χ4n) is 5.46. The van der Waals surface area contributed by atoms with E-state index in [1.54, 1.807) is 0 Å². The minimum Gasteiger partial charge on any atom is -0.547 e. The number of methoxy groups -OCH3 is 4.